The number of nitrogens with one attached hydrogen (secondary N) is 1. The molecule has 1 unspecified atom stereocenters. The highest BCUT2D eigenvalue weighted by Gasteiger charge is 2.20. The highest BCUT2D eigenvalue weighted by molar-refractivity contribution is 5.76. The molecule has 0 saturated carbocycles. The maximum absolute atomic E-state index is 12.0. The van der Waals surface area contributed by atoms with Crippen molar-refractivity contribution in [2.75, 3.05) is 13.2 Å². The highest BCUT2D eigenvalue weighted by Crippen LogP contribution is 2.31. The fraction of sp³-hybridized carbons (Fsp3) is 0.562. The first-order chi connectivity index (χ1) is 9.66. The second-order valence-corrected chi connectivity index (χ2v) is 5.32. The Hall–Kier alpha value is -1.55. The fourth-order valence-electron chi connectivity index (χ4n) is 2.33. The van der Waals surface area contributed by atoms with Crippen LogP contribution in [0.4, 0.5) is 0 Å². The molecule has 4 nitrogen and oxygen atoms in total. The number of carbonyl (C=O) groups excluding carboxylic acids is 1. The molecule has 1 aromatic carbocycles. The van der Waals surface area contributed by atoms with E-state index in [1.807, 2.05) is 38.1 Å². The van der Waals surface area contributed by atoms with Gasteiger partial charge in [-0.05, 0) is 32.8 Å². The van der Waals surface area contributed by atoms with Crippen molar-refractivity contribution < 1.29 is 14.3 Å². The summed E-state index contributed by atoms with van der Waals surface area (Å²) in [7, 11) is 0. The van der Waals surface area contributed by atoms with Gasteiger partial charge in [-0.15, -0.1) is 0 Å². The second-order valence-electron chi connectivity index (χ2n) is 5.32. The molecular formula is C16H23NO3. The molecule has 1 N–H and O–H groups in total. The molecule has 4 heteroatoms. The number of benzene rings is 1. The minimum atomic E-state index is 0.0346. The van der Waals surface area contributed by atoms with Crippen LogP contribution < -0.4 is 10.1 Å². The topological polar surface area (TPSA) is 47.6 Å². The monoisotopic (exact) mass is 277 g/mol. The standard InChI is InChI=1S/C16H23NO3/c1-12(2)19-11-9-16(18)17-14-7-5-10-20-15-8-4-3-6-13(14)15/h3-4,6,8,12,14H,5,7,9-11H2,1-2H3,(H,17,18). The molecule has 1 aliphatic heterocycles. The number of hydrogen-bond donors (Lipinski definition) is 1. The first-order valence-electron chi connectivity index (χ1n) is 7.29. The van der Waals surface area contributed by atoms with Crippen LogP contribution in [0.15, 0.2) is 24.3 Å². The summed E-state index contributed by atoms with van der Waals surface area (Å²) in [5.41, 5.74) is 1.07. The Morgan fingerprint density at radius 3 is 3.05 bits per heavy atom. The molecule has 0 aromatic heterocycles. The Balaban J connectivity index is 1.93. The maximum atomic E-state index is 12.0. The van der Waals surface area contributed by atoms with E-state index in [0.717, 1.165) is 24.2 Å². The molecule has 2 rings (SSSR count). The van der Waals surface area contributed by atoms with Crippen molar-refractivity contribution in [1.29, 1.82) is 0 Å². The van der Waals surface area contributed by atoms with Gasteiger partial charge in [0.25, 0.3) is 0 Å². The van der Waals surface area contributed by atoms with Gasteiger partial charge in [-0.2, -0.15) is 0 Å². The molecule has 1 amide bonds. The lowest BCUT2D eigenvalue weighted by atomic mass is 10.0. The summed E-state index contributed by atoms with van der Waals surface area (Å²) in [4.78, 5) is 12.0. The van der Waals surface area contributed by atoms with Crippen LogP contribution in [-0.4, -0.2) is 25.2 Å². The van der Waals surface area contributed by atoms with Crippen molar-refractivity contribution in [3.63, 3.8) is 0 Å². The molecule has 1 aromatic rings. The van der Waals surface area contributed by atoms with Gasteiger partial charge >= 0.3 is 0 Å². The summed E-state index contributed by atoms with van der Waals surface area (Å²) in [6, 6.07) is 7.96. The van der Waals surface area contributed by atoms with Crippen LogP contribution in [0, 0.1) is 0 Å². The number of para-hydroxylation sites is 1. The molecule has 0 spiro atoms. The SMILES string of the molecule is CC(C)OCCC(=O)NC1CCCOc2ccccc21. The van der Waals surface area contributed by atoms with E-state index >= 15 is 0 Å². The first kappa shape index (κ1) is 14.9. The summed E-state index contributed by atoms with van der Waals surface area (Å²) in [6.07, 6.45) is 2.42. The predicted molar refractivity (Wildman–Crippen MR) is 77.8 cm³/mol. The van der Waals surface area contributed by atoms with E-state index in [2.05, 4.69) is 5.32 Å². The Kier molecular flexibility index (Phi) is 5.41. The zero-order valence-corrected chi connectivity index (χ0v) is 12.2. The molecule has 0 fully saturated rings. The summed E-state index contributed by atoms with van der Waals surface area (Å²) in [5, 5.41) is 3.09. The van der Waals surface area contributed by atoms with Crippen molar-refractivity contribution in [3.8, 4) is 5.75 Å². The summed E-state index contributed by atoms with van der Waals surface area (Å²) in [5.74, 6) is 0.918. The molecule has 1 heterocycles. The lowest BCUT2D eigenvalue weighted by Gasteiger charge is -2.18. The van der Waals surface area contributed by atoms with Crippen LogP contribution in [0.1, 0.15) is 44.7 Å². The Bertz CT molecular complexity index is 445. The van der Waals surface area contributed by atoms with E-state index in [0.29, 0.717) is 19.6 Å². The van der Waals surface area contributed by atoms with E-state index in [1.54, 1.807) is 0 Å². The van der Waals surface area contributed by atoms with Gasteiger partial charge in [0.2, 0.25) is 5.91 Å². The van der Waals surface area contributed by atoms with Crippen LogP contribution in [-0.2, 0) is 9.53 Å². The third-order valence-electron chi connectivity index (χ3n) is 3.30. The van der Waals surface area contributed by atoms with E-state index in [4.69, 9.17) is 9.47 Å². The third kappa shape index (κ3) is 4.23. The number of ether oxygens (including phenoxy) is 2. The van der Waals surface area contributed by atoms with Crippen LogP contribution >= 0.6 is 0 Å². The van der Waals surface area contributed by atoms with E-state index in [1.165, 1.54) is 0 Å². The largest absolute Gasteiger partial charge is 0.493 e. The first-order valence-corrected chi connectivity index (χ1v) is 7.29. The van der Waals surface area contributed by atoms with Crippen molar-refractivity contribution in [2.24, 2.45) is 0 Å². The second kappa shape index (κ2) is 7.29. The molecular weight excluding hydrogens is 254 g/mol. The Morgan fingerprint density at radius 1 is 1.45 bits per heavy atom. The smallest absolute Gasteiger partial charge is 0.222 e. The van der Waals surface area contributed by atoms with Gasteiger partial charge in [0.1, 0.15) is 5.75 Å². The van der Waals surface area contributed by atoms with Gasteiger partial charge in [0, 0.05) is 12.0 Å². The normalized spacial score (nSPS) is 18.1. The van der Waals surface area contributed by atoms with Crippen molar-refractivity contribution in [1.82, 2.24) is 5.32 Å². The van der Waals surface area contributed by atoms with Crippen molar-refractivity contribution in [3.05, 3.63) is 29.8 Å². The van der Waals surface area contributed by atoms with E-state index in [-0.39, 0.29) is 18.1 Å². The summed E-state index contributed by atoms with van der Waals surface area (Å²) in [6.45, 7) is 5.11. The van der Waals surface area contributed by atoms with E-state index in [9.17, 15) is 4.79 Å². The predicted octanol–water partition coefficient (Wildman–Crippen LogP) is 2.83. The van der Waals surface area contributed by atoms with Crippen LogP contribution in [0.2, 0.25) is 0 Å². The number of hydrogen-bond acceptors (Lipinski definition) is 3. The number of rotatable bonds is 5. The molecule has 1 atom stereocenters. The van der Waals surface area contributed by atoms with Gasteiger partial charge in [-0.3, -0.25) is 4.79 Å². The maximum Gasteiger partial charge on any atom is 0.222 e. The minimum absolute atomic E-state index is 0.0346. The molecule has 0 radical (unpaired) electrons. The molecule has 20 heavy (non-hydrogen) atoms. The zero-order valence-electron chi connectivity index (χ0n) is 12.2. The van der Waals surface area contributed by atoms with Gasteiger partial charge in [-0.1, -0.05) is 18.2 Å². The number of fused-ring (bicyclic) bond motifs is 1. The molecule has 0 aliphatic carbocycles. The lowest BCUT2D eigenvalue weighted by Crippen LogP contribution is -2.29. The number of carbonyl (C=O) groups is 1. The highest BCUT2D eigenvalue weighted by atomic mass is 16.5. The van der Waals surface area contributed by atoms with Crippen molar-refractivity contribution >= 4 is 5.91 Å². The van der Waals surface area contributed by atoms with Crippen LogP contribution in [0.5, 0.6) is 5.75 Å². The quantitative estimate of drug-likeness (QED) is 0.900. The lowest BCUT2D eigenvalue weighted by molar-refractivity contribution is -0.123. The minimum Gasteiger partial charge on any atom is -0.493 e. The average molecular weight is 277 g/mol. The Labute approximate surface area is 120 Å². The van der Waals surface area contributed by atoms with Gasteiger partial charge in [0.05, 0.1) is 25.4 Å². The van der Waals surface area contributed by atoms with Gasteiger partial charge in [0.15, 0.2) is 0 Å². The average Bonchev–Trinajstić information content (AvgIpc) is 2.61. The fourth-order valence-corrected chi connectivity index (χ4v) is 2.33. The molecule has 1 aliphatic rings. The Morgan fingerprint density at radius 2 is 2.25 bits per heavy atom. The summed E-state index contributed by atoms with van der Waals surface area (Å²) < 4.78 is 11.1. The summed E-state index contributed by atoms with van der Waals surface area (Å²) >= 11 is 0. The molecule has 0 bridgehead atoms. The van der Waals surface area contributed by atoms with Gasteiger partial charge in [-0.25, -0.2) is 0 Å². The van der Waals surface area contributed by atoms with Crippen LogP contribution in [0.3, 0.4) is 0 Å². The van der Waals surface area contributed by atoms with E-state index < -0.39 is 0 Å². The van der Waals surface area contributed by atoms with Gasteiger partial charge < -0.3 is 14.8 Å². The number of amides is 1. The third-order valence-corrected chi connectivity index (χ3v) is 3.30. The van der Waals surface area contributed by atoms with Crippen molar-refractivity contribution in [2.45, 2.75) is 45.3 Å². The molecule has 0 saturated heterocycles. The molecule has 110 valence electrons. The zero-order chi connectivity index (χ0) is 14.4. The van der Waals surface area contributed by atoms with Crippen LogP contribution in [0.25, 0.3) is 0 Å².